The van der Waals surface area contributed by atoms with Crippen molar-refractivity contribution < 1.29 is 18.0 Å². The molecule has 0 radical (unpaired) electrons. The number of carbonyl (C=O) groups is 1. The van der Waals surface area contributed by atoms with Crippen molar-refractivity contribution in [1.82, 2.24) is 19.9 Å². The Hall–Kier alpha value is -3.10. The van der Waals surface area contributed by atoms with E-state index in [1.165, 1.54) is 6.20 Å². The third-order valence-corrected chi connectivity index (χ3v) is 5.63. The molecule has 6 nitrogen and oxygen atoms in total. The monoisotopic (exact) mass is 418 g/mol. The maximum Gasteiger partial charge on any atom is 0.421 e. The van der Waals surface area contributed by atoms with Gasteiger partial charge in [-0.3, -0.25) is 9.59 Å². The molecule has 30 heavy (non-hydrogen) atoms. The van der Waals surface area contributed by atoms with Crippen LogP contribution in [0.2, 0.25) is 0 Å². The third kappa shape index (κ3) is 3.59. The lowest BCUT2D eigenvalue weighted by Crippen LogP contribution is -2.35. The van der Waals surface area contributed by atoms with Crippen LogP contribution in [0.5, 0.6) is 0 Å². The Bertz CT molecular complexity index is 1210. The summed E-state index contributed by atoms with van der Waals surface area (Å²) in [7, 11) is 0. The van der Waals surface area contributed by atoms with Crippen molar-refractivity contribution in [3.8, 4) is 11.3 Å². The molecular formula is C21H21F3N4O2. The second-order valence-electron chi connectivity index (χ2n) is 7.91. The van der Waals surface area contributed by atoms with Gasteiger partial charge in [0.2, 0.25) is 0 Å². The first kappa shape index (κ1) is 20.2. The topological polar surface area (TPSA) is 79.3 Å². The van der Waals surface area contributed by atoms with Gasteiger partial charge in [-0.25, -0.2) is 4.52 Å². The van der Waals surface area contributed by atoms with E-state index in [1.54, 1.807) is 13.0 Å². The van der Waals surface area contributed by atoms with Gasteiger partial charge < -0.3 is 10.3 Å². The molecule has 1 saturated carbocycles. The molecule has 0 unspecified atom stereocenters. The maximum atomic E-state index is 13.8. The molecule has 1 aliphatic rings. The fraction of sp³-hybridized carbons (Fsp3) is 0.381. The number of aromatic nitrogens is 3. The number of nitrogens with one attached hydrogen (secondary N) is 2. The third-order valence-electron chi connectivity index (χ3n) is 5.63. The zero-order valence-corrected chi connectivity index (χ0v) is 16.7. The first-order chi connectivity index (χ1) is 14.1. The van der Waals surface area contributed by atoms with Crippen molar-refractivity contribution >= 4 is 11.4 Å². The van der Waals surface area contributed by atoms with Gasteiger partial charge in [0.05, 0.1) is 11.9 Å². The number of H-pyrrole nitrogens is 1. The highest BCUT2D eigenvalue weighted by Gasteiger charge is 2.42. The second-order valence-corrected chi connectivity index (χ2v) is 7.91. The molecule has 0 bridgehead atoms. The number of halogens is 3. The number of amides is 1. The Morgan fingerprint density at radius 2 is 1.97 bits per heavy atom. The van der Waals surface area contributed by atoms with Crippen molar-refractivity contribution in [3.63, 3.8) is 0 Å². The Morgan fingerprint density at radius 3 is 2.57 bits per heavy atom. The molecular weight excluding hydrogens is 397 g/mol. The van der Waals surface area contributed by atoms with Gasteiger partial charge in [-0.15, -0.1) is 0 Å². The minimum Gasteiger partial charge on any atom is -0.348 e. The summed E-state index contributed by atoms with van der Waals surface area (Å²) in [6, 6.07) is 5.19. The number of hydrogen-bond acceptors (Lipinski definition) is 3. The number of fused-ring (bicyclic) bond motifs is 1. The van der Waals surface area contributed by atoms with Crippen molar-refractivity contribution in [2.24, 2.45) is 5.92 Å². The van der Waals surface area contributed by atoms with Gasteiger partial charge >= 0.3 is 6.18 Å². The molecule has 1 aliphatic carbocycles. The Balaban J connectivity index is 1.86. The van der Waals surface area contributed by atoms with Crippen LogP contribution < -0.4 is 10.9 Å². The number of aryl methyl sites for hydroxylation is 2. The van der Waals surface area contributed by atoms with Crippen molar-refractivity contribution in [2.45, 2.75) is 45.8 Å². The Labute approximate surface area is 170 Å². The van der Waals surface area contributed by atoms with Gasteiger partial charge in [0, 0.05) is 6.04 Å². The van der Waals surface area contributed by atoms with Crippen LogP contribution >= 0.6 is 0 Å². The number of aromatic amines is 1. The standard InChI is InChI=1S/C21H21F3N4O2/c1-10-4-5-14(8-11(10)2)15-9-28-18(20(30)26-15)16(21(22,23)24)17(27-28)19(29)25-12(3)13-6-7-13/h4-5,8-9,12-13H,6-7H2,1-3H3,(H,25,29)(H,26,30)/t12-/m0/s1. The predicted molar refractivity (Wildman–Crippen MR) is 105 cm³/mol. The summed E-state index contributed by atoms with van der Waals surface area (Å²) in [5.41, 5.74) is -0.809. The lowest BCUT2D eigenvalue weighted by Gasteiger charge is -2.13. The molecule has 2 aromatic heterocycles. The molecule has 158 valence electrons. The van der Waals surface area contributed by atoms with Crippen LogP contribution in [0, 0.1) is 19.8 Å². The Kier molecular flexibility index (Phi) is 4.71. The number of rotatable bonds is 4. The number of carbonyl (C=O) groups excluding carboxylic acids is 1. The highest BCUT2D eigenvalue weighted by atomic mass is 19.4. The van der Waals surface area contributed by atoms with Gasteiger partial charge in [0.1, 0.15) is 11.1 Å². The summed E-state index contributed by atoms with van der Waals surface area (Å²) in [4.78, 5) is 27.7. The van der Waals surface area contributed by atoms with Crippen molar-refractivity contribution in [3.05, 3.63) is 57.1 Å². The summed E-state index contributed by atoms with van der Waals surface area (Å²) >= 11 is 0. The van der Waals surface area contributed by atoms with E-state index in [9.17, 15) is 22.8 Å². The van der Waals surface area contributed by atoms with E-state index in [1.807, 2.05) is 26.0 Å². The molecule has 3 aromatic rings. The molecule has 2 heterocycles. The number of alkyl halides is 3. The number of nitrogens with zero attached hydrogens (tertiary/aromatic N) is 2. The fourth-order valence-electron chi connectivity index (χ4n) is 3.55. The van der Waals surface area contributed by atoms with E-state index in [2.05, 4.69) is 15.4 Å². The van der Waals surface area contributed by atoms with Gasteiger partial charge in [-0.05, 0) is 62.3 Å². The zero-order valence-electron chi connectivity index (χ0n) is 16.7. The smallest absolute Gasteiger partial charge is 0.348 e. The average Bonchev–Trinajstić information content (AvgIpc) is 3.42. The summed E-state index contributed by atoms with van der Waals surface area (Å²) in [6.45, 7) is 5.58. The van der Waals surface area contributed by atoms with Crippen LogP contribution in [0.25, 0.3) is 16.8 Å². The zero-order chi connectivity index (χ0) is 21.8. The quantitative estimate of drug-likeness (QED) is 0.676. The lowest BCUT2D eigenvalue weighted by atomic mass is 10.0. The van der Waals surface area contributed by atoms with Crippen LogP contribution in [0.1, 0.15) is 46.9 Å². The van der Waals surface area contributed by atoms with Crippen LogP contribution in [-0.4, -0.2) is 26.5 Å². The van der Waals surface area contributed by atoms with Crippen molar-refractivity contribution in [1.29, 1.82) is 0 Å². The van der Waals surface area contributed by atoms with E-state index in [0.717, 1.165) is 28.5 Å². The van der Waals surface area contributed by atoms with Gasteiger partial charge in [0.25, 0.3) is 11.5 Å². The molecule has 1 atom stereocenters. The predicted octanol–water partition coefficient (Wildman–Crippen LogP) is 3.85. The summed E-state index contributed by atoms with van der Waals surface area (Å²) in [5.74, 6) is -0.669. The van der Waals surface area contributed by atoms with E-state index in [-0.39, 0.29) is 12.0 Å². The summed E-state index contributed by atoms with van der Waals surface area (Å²) < 4.78 is 42.2. The molecule has 1 fully saturated rings. The molecule has 1 amide bonds. The first-order valence-corrected chi connectivity index (χ1v) is 9.67. The van der Waals surface area contributed by atoms with Gasteiger partial charge in [0.15, 0.2) is 5.69 Å². The minimum atomic E-state index is -4.91. The van der Waals surface area contributed by atoms with Gasteiger partial charge in [-0.2, -0.15) is 18.3 Å². The fourth-order valence-corrected chi connectivity index (χ4v) is 3.55. The summed E-state index contributed by atoms with van der Waals surface area (Å²) in [5, 5.41) is 6.45. The second kappa shape index (κ2) is 7.00. The van der Waals surface area contributed by atoms with E-state index in [0.29, 0.717) is 11.3 Å². The molecule has 0 aliphatic heterocycles. The lowest BCUT2D eigenvalue weighted by molar-refractivity contribution is -0.136. The molecule has 9 heteroatoms. The highest BCUT2D eigenvalue weighted by molar-refractivity contribution is 5.96. The molecule has 2 N–H and O–H groups in total. The minimum absolute atomic E-state index is 0.257. The average molecular weight is 418 g/mol. The van der Waals surface area contributed by atoms with Crippen molar-refractivity contribution in [2.75, 3.05) is 0 Å². The van der Waals surface area contributed by atoms with E-state index >= 15 is 0 Å². The van der Waals surface area contributed by atoms with Crippen LogP contribution in [-0.2, 0) is 6.18 Å². The first-order valence-electron chi connectivity index (χ1n) is 9.67. The molecule has 1 aromatic carbocycles. The SMILES string of the molecule is Cc1ccc(-c2cn3nc(C(=O)N[C@@H](C)C4CC4)c(C(F)(F)F)c3c(=O)[nH]2)cc1C. The molecule has 4 rings (SSSR count). The van der Waals surface area contributed by atoms with Crippen LogP contribution in [0.3, 0.4) is 0 Å². The van der Waals surface area contributed by atoms with Gasteiger partial charge in [-0.1, -0.05) is 12.1 Å². The summed E-state index contributed by atoms with van der Waals surface area (Å²) in [6.07, 6.45) is -1.75. The normalized spacial score (nSPS) is 15.4. The highest BCUT2D eigenvalue weighted by Crippen LogP contribution is 2.36. The number of benzene rings is 1. The number of hydrogen-bond donors (Lipinski definition) is 2. The molecule has 0 saturated heterocycles. The van der Waals surface area contributed by atoms with E-state index in [4.69, 9.17) is 0 Å². The van der Waals surface area contributed by atoms with Crippen LogP contribution in [0.15, 0.2) is 29.2 Å². The Morgan fingerprint density at radius 1 is 1.27 bits per heavy atom. The largest absolute Gasteiger partial charge is 0.421 e. The molecule has 0 spiro atoms. The van der Waals surface area contributed by atoms with E-state index < -0.39 is 34.4 Å². The maximum absolute atomic E-state index is 13.8. The van der Waals surface area contributed by atoms with Crippen LogP contribution in [0.4, 0.5) is 13.2 Å².